The van der Waals surface area contributed by atoms with Crippen molar-refractivity contribution in [2.45, 2.75) is 24.2 Å². The molecule has 1 aliphatic heterocycles. The maximum Gasteiger partial charge on any atom is 0.256 e. The largest absolute Gasteiger partial charge is 0.378 e. The Kier molecular flexibility index (Phi) is 4.02. The molecule has 0 aliphatic carbocycles. The zero-order valence-electron chi connectivity index (χ0n) is 13.0. The van der Waals surface area contributed by atoms with Crippen molar-refractivity contribution in [3.8, 4) is 0 Å². The molecule has 3 aromatic rings. The molecule has 7 nitrogen and oxygen atoms in total. The number of carbonyl (C=O) groups excluding carboxylic acids is 1. The van der Waals surface area contributed by atoms with Gasteiger partial charge in [0.25, 0.3) is 5.91 Å². The van der Waals surface area contributed by atoms with Gasteiger partial charge in [-0.15, -0.1) is 0 Å². The number of rotatable bonds is 4. The van der Waals surface area contributed by atoms with Gasteiger partial charge in [-0.1, -0.05) is 18.2 Å². The SMILES string of the molecule is O=C(C(O)c1ccccc1F)N1Cc2cn(Sc3ccn[nH]3)nc2C1. The predicted octanol–water partition coefficient (Wildman–Crippen LogP) is 1.88. The zero-order chi connectivity index (χ0) is 17.4. The van der Waals surface area contributed by atoms with E-state index in [9.17, 15) is 14.3 Å². The van der Waals surface area contributed by atoms with Crippen LogP contribution in [-0.2, 0) is 17.9 Å². The monoisotopic (exact) mass is 359 g/mol. The Morgan fingerprint density at radius 2 is 2.16 bits per heavy atom. The van der Waals surface area contributed by atoms with Gasteiger partial charge in [-0.2, -0.15) is 10.2 Å². The van der Waals surface area contributed by atoms with Crippen LogP contribution < -0.4 is 0 Å². The number of nitrogens with one attached hydrogen (secondary N) is 1. The molecule has 0 radical (unpaired) electrons. The van der Waals surface area contributed by atoms with Gasteiger partial charge in [0.2, 0.25) is 0 Å². The number of nitrogens with zero attached hydrogens (tertiary/aromatic N) is 4. The van der Waals surface area contributed by atoms with Crippen LogP contribution >= 0.6 is 11.9 Å². The normalized spacial score (nSPS) is 14.6. The van der Waals surface area contributed by atoms with Crippen molar-refractivity contribution < 1.29 is 14.3 Å². The summed E-state index contributed by atoms with van der Waals surface area (Å²) in [5.74, 6) is -1.13. The highest BCUT2D eigenvalue weighted by Gasteiger charge is 2.32. The van der Waals surface area contributed by atoms with Crippen molar-refractivity contribution in [2.24, 2.45) is 0 Å². The van der Waals surface area contributed by atoms with Gasteiger partial charge in [-0.25, -0.2) is 8.48 Å². The molecule has 25 heavy (non-hydrogen) atoms. The standard InChI is InChI=1S/C16H14FN5O2S/c17-12-4-2-1-3-11(12)15(23)16(24)21-7-10-8-22(20-13(10)9-21)25-14-5-6-18-19-14/h1-6,8,15,23H,7,9H2,(H,18,19). The predicted molar refractivity (Wildman–Crippen MR) is 87.7 cm³/mol. The van der Waals surface area contributed by atoms with Crippen LogP contribution in [0.15, 0.2) is 47.8 Å². The number of carbonyl (C=O) groups is 1. The van der Waals surface area contributed by atoms with Crippen LogP contribution in [0.25, 0.3) is 0 Å². The Labute approximate surface area is 146 Å². The highest BCUT2D eigenvalue weighted by atomic mass is 32.2. The Balaban J connectivity index is 1.45. The van der Waals surface area contributed by atoms with Gasteiger partial charge in [0.05, 0.1) is 12.2 Å². The molecule has 1 amide bonds. The molecule has 2 aromatic heterocycles. The van der Waals surface area contributed by atoms with Gasteiger partial charge in [-0.05, 0) is 12.1 Å². The molecule has 1 aliphatic rings. The summed E-state index contributed by atoms with van der Waals surface area (Å²) in [6.07, 6.45) is 1.98. The number of fused-ring (bicyclic) bond motifs is 1. The second kappa shape index (κ2) is 6.34. The third-order valence-electron chi connectivity index (χ3n) is 3.97. The number of H-pyrrole nitrogens is 1. The lowest BCUT2D eigenvalue weighted by Gasteiger charge is -2.20. The van der Waals surface area contributed by atoms with E-state index in [1.807, 2.05) is 12.3 Å². The van der Waals surface area contributed by atoms with Gasteiger partial charge >= 0.3 is 0 Å². The van der Waals surface area contributed by atoms with Crippen LogP contribution in [0, 0.1) is 5.82 Å². The molecule has 1 aromatic carbocycles. The molecule has 0 fully saturated rings. The molecular formula is C16H14FN5O2S. The summed E-state index contributed by atoms with van der Waals surface area (Å²) in [6.45, 7) is 0.624. The van der Waals surface area contributed by atoms with Crippen LogP contribution in [0.3, 0.4) is 0 Å². The van der Waals surface area contributed by atoms with Crippen LogP contribution in [0.1, 0.15) is 22.9 Å². The van der Waals surface area contributed by atoms with E-state index in [0.29, 0.717) is 6.54 Å². The van der Waals surface area contributed by atoms with E-state index < -0.39 is 17.8 Å². The molecule has 4 rings (SSSR count). The molecule has 1 atom stereocenters. The minimum Gasteiger partial charge on any atom is -0.378 e. The first-order chi connectivity index (χ1) is 12.1. The number of aromatic amines is 1. The first-order valence-corrected chi connectivity index (χ1v) is 8.35. The van der Waals surface area contributed by atoms with E-state index in [1.54, 1.807) is 16.4 Å². The van der Waals surface area contributed by atoms with Gasteiger partial charge < -0.3 is 10.0 Å². The Bertz CT molecular complexity index is 888. The Morgan fingerprint density at radius 1 is 1.32 bits per heavy atom. The average molecular weight is 359 g/mol. The molecule has 0 saturated heterocycles. The Morgan fingerprint density at radius 3 is 2.88 bits per heavy atom. The number of aromatic nitrogens is 4. The highest BCUT2D eigenvalue weighted by molar-refractivity contribution is 7.97. The summed E-state index contributed by atoms with van der Waals surface area (Å²) in [5, 5.41) is 22.2. The molecule has 0 saturated carbocycles. The third-order valence-corrected chi connectivity index (χ3v) is 4.77. The fourth-order valence-corrected chi connectivity index (χ4v) is 3.46. The summed E-state index contributed by atoms with van der Waals surface area (Å²) < 4.78 is 15.5. The highest BCUT2D eigenvalue weighted by Crippen LogP contribution is 2.28. The van der Waals surface area contributed by atoms with E-state index in [2.05, 4.69) is 15.3 Å². The molecule has 9 heteroatoms. The number of benzene rings is 1. The van der Waals surface area contributed by atoms with E-state index in [-0.39, 0.29) is 12.1 Å². The molecule has 0 bridgehead atoms. The van der Waals surface area contributed by atoms with Crippen LogP contribution in [-0.4, -0.2) is 35.3 Å². The fraction of sp³-hybridized carbons (Fsp3) is 0.188. The lowest BCUT2D eigenvalue weighted by molar-refractivity contribution is -0.141. The second-order valence-electron chi connectivity index (χ2n) is 5.63. The average Bonchev–Trinajstić information content (AvgIpc) is 3.31. The van der Waals surface area contributed by atoms with Gasteiger partial charge in [-0.3, -0.25) is 9.89 Å². The fourth-order valence-electron chi connectivity index (χ4n) is 2.73. The zero-order valence-corrected chi connectivity index (χ0v) is 13.8. The summed E-state index contributed by atoms with van der Waals surface area (Å²) in [4.78, 5) is 13.9. The van der Waals surface area contributed by atoms with E-state index in [1.165, 1.54) is 35.0 Å². The smallest absolute Gasteiger partial charge is 0.256 e. The summed E-state index contributed by atoms with van der Waals surface area (Å²) in [6, 6.07) is 7.57. The molecule has 1 unspecified atom stereocenters. The minimum atomic E-state index is -1.52. The maximum atomic E-state index is 13.8. The summed E-state index contributed by atoms with van der Waals surface area (Å²) in [7, 11) is 0. The third kappa shape index (κ3) is 3.03. The molecule has 128 valence electrons. The van der Waals surface area contributed by atoms with E-state index in [4.69, 9.17) is 0 Å². The number of halogens is 1. The minimum absolute atomic E-state index is 0.0168. The first-order valence-electron chi connectivity index (χ1n) is 7.58. The topological polar surface area (TPSA) is 87.0 Å². The maximum absolute atomic E-state index is 13.8. The van der Waals surface area contributed by atoms with Crippen molar-refractivity contribution in [1.29, 1.82) is 0 Å². The van der Waals surface area contributed by atoms with Crippen molar-refractivity contribution in [3.05, 3.63) is 65.4 Å². The quantitative estimate of drug-likeness (QED) is 0.743. The molecule has 0 spiro atoms. The Hall–Kier alpha value is -2.65. The van der Waals surface area contributed by atoms with Gasteiger partial charge in [0.15, 0.2) is 6.10 Å². The lowest BCUT2D eigenvalue weighted by atomic mass is 10.1. The van der Waals surface area contributed by atoms with E-state index >= 15 is 0 Å². The lowest BCUT2D eigenvalue weighted by Crippen LogP contribution is -2.31. The molecule has 3 heterocycles. The van der Waals surface area contributed by atoms with Crippen molar-refractivity contribution in [3.63, 3.8) is 0 Å². The van der Waals surface area contributed by atoms with Gasteiger partial charge in [0, 0.05) is 42.0 Å². The van der Waals surface area contributed by atoms with Crippen LogP contribution in [0.2, 0.25) is 0 Å². The number of hydrogen-bond donors (Lipinski definition) is 2. The van der Waals surface area contributed by atoms with Crippen molar-refractivity contribution in [1.82, 2.24) is 24.3 Å². The van der Waals surface area contributed by atoms with Gasteiger partial charge in [0.1, 0.15) is 10.8 Å². The molecule has 2 N–H and O–H groups in total. The van der Waals surface area contributed by atoms with Crippen molar-refractivity contribution in [2.75, 3.05) is 0 Å². The number of aliphatic hydroxyl groups excluding tert-OH is 1. The summed E-state index contributed by atoms with van der Waals surface area (Å²) in [5.41, 5.74) is 1.65. The first kappa shape index (κ1) is 15.9. The summed E-state index contributed by atoms with van der Waals surface area (Å²) >= 11 is 1.38. The second-order valence-corrected chi connectivity index (χ2v) is 6.63. The number of hydrogen-bond acceptors (Lipinski definition) is 5. The van der Waals surface area contributed by atoms with Crippen LogP contribution in [0.4, 0.5) is 4.39 Å². The van der Waals surface area contributed by atoms with E-state index in [0.717, 1.165) is 16.3 Å². The van der Waals surface area contributed by atoms with Crippen molar-refractivity contribution >= 4 is 17.9 Å². The number of aliphatic hydroxyl groups is 1. The van der Waals surface area contributed by atoms with Crippen LogP contribution in [0.5, 0.6) is 0 Å². The molecular weight excluding hydrogens is 345 g/mol. The number of amides is 1.